The molecule has 0 atom stereocenters. The molecule has 102 valence electrons. The predicted molar refractivity (Wildman–Crippen MR) is 83.5 cm³/mol. The number of anilines is 1. The van der Waals surface area contributed by atoms with Gasteiger partial charge in [0.15, 0.2) is 0 Å². The van der Waals surface area contributed by atoms with Crippen LogP contribution in [0.4, 0.5) is 5.69 Å². The molecule has 1 aromatic heterocycles. The number of hydrogen-bond acceptors (Lipinski definition) is 2. The number of phenolic OH excluding ortho intramolecular Hbond substituents is 1. The van der Waals surface area contributed by atoms with Crippen LogP contribution in [0.3, 0.4) is 0 Å². The number of phenols is 1. The number of aromatic hydroxyl groups is 1. The molecular formula is C16H15ClN2O. The van der Waals surface area contributed by atoms with Gasteiger partial charge in [-0.05, 0) is 48.4 Å². The Morgan fingerprint density at radius 2 is 2.05 bits per heavy atom. The Bertz CT molecular complexity index is 764. The minimum absolute atomic E-state index is 0.317. The lowest BCUT2D eigenvalue weighted by molar-refractivity contribution is 0.471. The summed E-state index contributed by atoms with van der Waals surface area (Å²) >= 11 is 5.97. The lowest BCUT2D eigenvalue weighted by Gasteiger charge is -2.07. The van der Waals surface area contributed by atoms with Crippen LogP contribution in [0.5, 0.6) is 5.75 Å². The highest BCUT2D eigenvalue weighted by molar-refractivity contribution is 6.31. The largest absolute Gasteiger partial charge is 0.508 e. The van der Waals surface area contributed by atoms with Crippen molar-refractivity contribution in [2.75, 3.05) is 5.32 Å². The third-order valence-corrected chi connectivity index (χ3v) is 3.64. The van der Waals surface area contributed by atoms with Crippen LogP contribution < -0.4 is 5.32 Å². The molecule has 3 N–H and O–H groups in total. The van der Waals surface area contributed by atoms with Crippen LogP contribution in [0.1, 0.15) is 11.1 Å². The molecule has 3 nitrogen and oxygen atoms in total. The van der Waals surface area contributed by atoms with Crippen molar-refractivity contribution in [3.05, 3.63) is 58.7 Å². The zero-order valence-corrected chi connectivity index (χ0v) is 11.8. The fourth-order valence-electron chi connectivity index (χ4n) is 2.27. The number of fused-ring (bicyclic) bond motifs is 1. The highest BCUT2D eigenvalue weighted by Gasteiger charge is 2.04. The molecule has 2 aromatic carbocycles. The lowest BCUT2D eigenvalue weighted by atomic mass is 10.1. The zero-order chi connectivity index (χ0) is 14.1. The van der Waals surface area contributed by atoms with E-state index in [-0.39, 0.29) is 0 Å². The van der Waals surface area contributed by atoms with Crippen molar-refractivity contribution in [3.8, 4) is 5.75 Å². The summed E-state index contributed by atoms with van der Waals surface area (Å²) < 4.78 is 0. The van der Waals surface area contributed by atoms with Crippen molar-refractivity contribution in [1.82, 2.24) is 4.98 Å². The average molecular weight is 287 g/mol. The summed E-state index contributed by atoms with van der Waals surface area (Å²) in [6.45, 7) is 2.60. The number of benzene rings is 2. The Kier molecular flexibility index (Phi) is 3.28. The monoisotopic (exact) mass is 286 g/mol. The van der Waals surface area contributed by atoms with E-state index >= 15 is 0 Å². The number of hydrogen-bond donors (Lipinski definition) is 3. The van der Waals surface area contributed by atoms with Gasteiger partial charge >= 0.3 is 0 Å². The summed E-state index contributed by atoms with van der Waals surface area (Å²) in [6.07, 6.45) is 1.99. The first kappa shape index (κ1) is 12.9. The van der Waals surface area contributed by atoms with Crippen LogP contribution in [-0.4, -0.2) is 10.1 Å². The molecule has 0 bridgehead atoms. The van der Waals surface area contributed by atoms with Gasteiger partial charge in [-0.1, -0.05) is 17.7 Å². The Morgan fingerprint density at radius 3 is 2.85 bits per heavy atom. The first-order valence-corrected chi connectivity index (χ1v) is 6.80. The van der Waals surface area contributed by atoms with Crippen LogP contribution >= 0.6 is 11.6 Å². The van der Waals surface area contributed by atoms with Crippen molar-refractivity contribution < 1.29 is 5.11 Å². The normalized spacial score (nSPS) is 10.9. The van der Waals surface area contributed by atoms with E-state index in [0.29, 0.717) is 12.3 Å². The van der Waals surface area contributed by atoms with E-state index in [1.807, 2.05) is 43.5 Å². The van der Waals surface area contributed by atoms with Gasteiger partial charge in [0, 0.05) is 34.4 Å². The van der Waals surface area contributed by atoms with Crippen LogP contribution in [0, 0.1) is 6.92 Å². The Morgan fingerprint density at radius 1 is 1.20 bits per heavy atom. The number of halogens is 1. The van der Waals surface area contributed by atoms with Gasteiger partial charge in [0.25, 0.3) is 0 Å². The molecule has 0 fully saturated rings. The molecule has 0 radical (unpaired) electrons. The van der Waals surface area contributed by atoms with Gasteiger partial charge in [-0.25, -0.2) is 0 Å². The van der Waals surface area contributed by atoms with Gasteiger partial charge < -0.3 is 15.4 Å². The van der Waals surface area contributed by atoms with Crippen LogP contribution in [-0.2, 0) is 6.54 Å². The van der Waals surface area contributed by atoms with Crippen LogP contribution in [0.25, 0.3) is 10.9 Å². The van der Waals surface area contributed by atoms with Gasteiger partial charge in [0.2, 0.25) is 0 Å². The molecule has 3 rings (SSSR count). The highest BCUT2D eigenvalue weighted by Crippen LogP contribution is 2.24. The van der Waals surface area contributed by atoms with E-state index in [1.54, 1.807) is 6.07 Å². The Labute approximate surface area is 122 Å². The molecule has 0 saturated heterocycles. The van der Waals surface area contributed by atoms with E-state index < -0.39 is 0 Å². The summed E-state index contributed by atoms with van der Waals surface area (Å²) in [5.41, 5.74) is 4.07. The quantitative estimate of drug-likeness (QED) is 0.623. The molecule has 0 spiro atoms. The Balaban J connectivity index is 1.81. The molecule has 3 aromatic rings. The zero-order valence-electron chi connectivity index (χ0n) is 11.1. The molecule has 0 aliphatic heterocycles. The van der Waals surface area contributed by atoms with E-state index in [1.165, 1.54) is 5.56 Å². The molecule has 4 heteroatoms. The predicted octanol–water partition coefficient (Wildman–Crippen LogP) is 4.45. The summed E-state index contributed by atoms with van der Waals surface area (Å²) in [7, 11) is 0. The summed E-state index contributed by atoms with van der Waals surface area (Å²) in [6, 6.07) is 11.3. The van der Waals surface area contributed by atoms with Crippen LogP contribution in [0.2, 0.25) is 5.02 Å². The molecule has 0 saturated carbocycles. The summed E-state index contributed by atoms with van der Waals surface area (Å²) in [4.78, 5) is 3.22. The standard InChI is InChI=1S/C16H15ClN2O/c1-10-6-13(3-5-16(10)20)18-8-11-9-19-15-7-12(17)2-4-14(11)15/h2-7,9,18-20H,8H2,1H3. The SMILES string of the molecule is Cc1cc(NCc2c[nH]c3cc(Cl)ccc23)ccc1O. The minimum Gasteiger partial charge on any atom is -0.508 e. The average Bonchev–Trinajstić information content (AvgIpc) is 2.82. The Hall–Kier alpha value is -2.13. The van der Waals surface area contributed by atoms with Gasteiger partial charge in [0.05, 0.1) is 0 Å². The number of rotatable bonds is 3. The molecule has 20 heavy (non-hydrogen) atoms. The van der Waals surface area contributed by atoms with Crippen molar-refractivity contribution in [1.29, 1.82) is 0 Å². The van der Waals surface area contributed by atoms with Gasteiger partial charge in [-0.3, -0.25) is 0 Å². The third kappa shape index (κ3) is 2.45. The molecule has 0 amide bonds. The van der Waals surface area contributed by atoms with Gasteiger partial charge in [-0.15, -0.1) is 0 Å². The molecule has 0 aliphatic rings. The molecule has 0 unspecified atom stereocenters. The fraction of sp³-hybridized carbons (Fsp3) is 0.125. The maximum absolute atomic E-state index is 9.52. The van der Waals surface area contributed by atoms with E-state index in [4.69, 9.17) is 11.6 Å². The highest BCUT2D eigenvalue weighted by atomic mass is 35.5. The lowest BCUT2D eigenvalue weighted by Crippen LogP contribution is -1.98. The van der Waals surface area contributed by atoms with E-state index in [2.05, 4.69) is 10.3 Å². The second kappa shape index (κ2) is 5.10. The van der Waals surface area contributed by atoms with Crippen molar-refractivity contribution >= 4 is 28.2 Å². The topological polar surface area (TPSA) is 48.0 Å². The second-order valence-electron chi connectivity index (χ2n) is 4.86. The molecule has 0 aliphatic carbocycles. The van der Waals surface area contributed by atoms with E-state index in [0.717, 1.165) is 27.2 Å². The number of aromatic amines is 1. The van der Waals surface area contributed by atoms with Crippen molar-refractivity contribution in [2.24, 2.45) is 0 Å². The second-order valence-corrected chi connectivity index (χ2v) is 5.30. The number of aromatic nitrogens is 1. The van der Waals surface area contributed by atoms with Gasteiger partial charge in [0.1, 0.15) is 5.75 Å². The molecule has 1 heterocycles. The van der Waals surface area contributed by atoms with Crippen molar-refractivity contribution in [2.45, 2.75) is 13.5 Å². The maximum atomic E-state index is 9.52. The van der Waals surface area contributed by atoms with Gasteiger partial charge in [-0.2, -0.15) is 0 Å². The number of aryl methyl sites for hydroxylation is 1. The molecular weight excluding hydrogens is 272 g/mol. The number of H-pyrrole nitrogens is 1. The fourth-order valence-corrected chi connectivity index (χ4v) is 2.44. The first-order chi connectivity index (χ1) is 9.63. The van der Waals surface area contributed by atoms with Crippen LogP contribution in [0.15, 0.2) is 42.6 Å². The first-order valence-electron chi connectivity index (χ1n) is 6.42. The van der Waals surface area contributed by atoms with E-state index in [9.17, 15) is 5.11 Å². The minimum atomic E-state index is 0.317. The number of nitrogens with one attached hydrogen (secondary N) is 2. The smallest absolute Gasteiger partial charge is 0.118 e. The summed E-state index contributed by atoms with van der Waals surface area (Å²) in [5, 5.41) is 14.8. The maximum Gasteiger partial charge on any atom is 0.118 e. The van der Waals surface area contributed by atoms with Crippen molar-refractivity contribution in [3.63, 3.8) is 0 Å². The summed E-state index contributed by atoms with van der Waals surface area (Å²) in [5.74, 6) is 0.317. The third-order valence-electron chi connectivity index (χ3n) is 3.41.